The van der Waals surface area contributed by atoms with Crippen LogP contribution in [0.1, 0.15) is 12.8 Å². The van der Waals surface area contributed by atoms with Crippen LogP contribution in [0.2, 0.25) is 5.02 Å². The molecule has 2 N–H and O–H groups in total. The zero-order valence-corrected chi connectivity index (χ0v) is 15.9. The number of ether oxygens (including phenoxy) is 2. The summed E-state index contributed by atoms with van der Waals surface area (Å²) in [4.78, 5) is 0.0730. The largest absolute Gasteiger partial charge is 0.495 e. The fraction of sp³-hybridized carbons (Fsp3) is 0.333. The minimum Gasteiger partial charge on any atom is -0.495 e. The van der Waals surface area contributed by atoms with Crippen LogP contribution in [0, 0.1) is 0 Å². The molecule has 0 saturated carbocycles. The fourth-order valence-corrected chi connectivity index (χ4v) is 4.13. The molecular weight excluding hydrogens is 376 g/mol. The van der Waals surface area contributed by atoms with Crippen LogP contribution in [0.25, 0.3) is 0 Å². The third kappa shape index (κ3) is 4.60. The van der Waals surface area contributed by atoms with Gasteiger partial charge in [0, 0.05) is 24.5 Å². The van der Waals surface area contributed by atoms with Crippen LogP contribution in [-0.4, -0.2) is 34.8 Å². The first-order valence-corrected chi connectivity index (χ1v) is 10.2. The molecule has 1 fully saturated rings. The maximum atomic E-state index is 12.5. The minimum atomic E-state index is -3.73. The maximum Gasteiger partial charge on any atom is 0.261 e. The van der Waals surface area contributed by atoms with Crippen LogP contribution in [0.4, 0.5) is 11.4 Å². The van der Waals surface area contributed by atoms with E-state index in [1.54, 1.807) is 12.1 Å². The van der Waals surface area contributed by atoms with Gasteiger partial charge in [-0.25, -0.2) is 8.42 Å². The Kier molecular flexibility index (Phi) is 5.90. The Morgan fingerprint density at radius 3 is 2.54 bits per heavy atom. The lowest BCUT2D eigenvalue weighted by molar-refractivity contribution is 0.120. The summed E-state index contributed by atoms with van der Waals surface area (Å²) in [6, 6.07) is 11.4. The Labute approximate surface area is 158 Å². The van der Waals surface area contributed by atoms with Gasteiger partial charge in [0.05, 0.1) is 23.1 Å². The number of halogens is 1. The topological polar surface area (TPSA) is 76.7 Å². The molecule has 8 heteroatoms. The van der Waals surface area contributed by atoms with Gasteiger partial charge in [-0.1, -0.05) is 11.6 Å². The fourth-order valence-electron chi connectivity index (χ4n) is 2.72. The third-order valence-electron chi connectivity index (χ3n) is 4.13. The molecule has 0 spiro atoms. The molecule has 26 heavy (non-hydrogen) atoms. The summed E-state index contributed by atoms with van der Waals surface area (Å²) in [6.07, 6.45) is 2.41. The summed E-state index contributed by atoms with van der Waals surface area (Å²) in [5.41, 5.74) is 1.38. The molecule has 1 heterocycles. The maximum absolute atomic E-state index is 12.5. The smallest absolute Gasteiger partial charge is 0.261 e. The highest BCUT2D eigenvalue weighted by Crippen LogP contribution is 2.28. The lowest BCUT2D eigenvalue weighted by Gasteiger charge is -2.13. The average molecular weight is 397 g/mol. The van der Waals surface area contributed by atoms with E-state index in [0.29, 0.717) is 11.4 Å². The van der Waals surface area contributed by atoms with Gasteiger partial charge >= 0.3 is 0 Å². The van der Waals surface area contributed by atoms with Gasteiger partial charge in [0.2, 0.25) is 0 Å². The van der Waals surface area contributed by atoms with E-state index in [-0.39, 0.29) is 16.0 Å². The molecule has 0 bridgehead atoms. The van der Waals surface area contributed by atoms with E-state index in [9.17, 15) is 8.42 Å². The van der Waals surface area contributed by atoms with E-state index >= 15 is 0 Å². The van der Waals surface area contributed by atoms with Crippen molar-refractivity contribution in [1.29, 1.82) is 0 Å². The van der Waals surface area contributed by atoms with Crippen LogP contribution in [0.3, 0.4) is 0 Å². The van der Waals surface area contributed by atoms with Crippen molar-refractivity contribution in [2.24, 2.45) is 0 Å². The monoisotopic (exact) mass is 396 g/mol. The highest BCUT2D eigenvalue weighted by molar-refractivity contribution is 7.92. The predicted molar refractivity (Wildman–Crippen MR) is 103 cm³/mol. The van der Waals surface area contributed by atoms with Crippen LogP contribution in [0.5, 0.6) is 5.75 Å². The Bertz CT molecular complexity index is 850. The van der Waals surface area contributed by atoms with Gasteiger partial charge in [0.25, 0.3) is 10.0 Å². The third-order valence-corrected chi connectivity index (χ3v) is 5.80. The summed E-state index contributed by atoms with van der Waals surface area (Å²) in [7, 11) is -2.26. The molecule has 1 aliphatic heterocycles. The second kappa shape index (κ2) is 8.16. The number of hydrogen-bond donors (Lipinski definition) is 2. The molecule has 0 amide bonds. The zero-order chi connectivity index (χ0) is 18.6. The van der Waals surface area contributed by atoms with Gasteiger partial charge in [-0.15, -0.1) is 0 Å². The first-order valence-electron chi connectivity index (χ1n) is 8.30. The van der Waals surface area contributed by atoms with Gasteiger partial charge in [-0.3, -0.25) is 4.72 Å². The van der Waals surface area contributed by atoms with E-state index in [4.69, 9.17) is 21.1 Å². The summed E-state index contributed by atoms with van der Waals surface area (Å²) >= 11 is 6.01. The molecular formula is C18H21ClN2O4S. The summed E-state index contributed by atoms with van der Waals surface area (Å²) in [6.45, 7) is 1.57. The van der Waals surface area contributed by atoms with E-state index in [2.05, 4.69) is 10.0 Å². The summed E-state index contributed by atoms with van der Waals surface area (Å²) in [5.74, 6) is 0.423. The van der Waals surface area contributed by atoms with E-state index < -0.39 is 10.0 Å². The van der Waals surface area contributed by atoms with E-state index in [1.807, 2.05) is 12.1 Å². The number of benzene rings is 2. The Morgan fingerprint density at radius 2 is 1.92 bits per heavy atom. The highest BCUT2D eigenvalue weighted by Gasteiger charge is 2.17. The van der Waals surface area contributed by atoms with Crippen molar-refractivity contribution in [3.8, 4) is 5.75 Å². The van der Waals surface area contributed by atoms with Crippen molar-refractivity contribution < 1.29 is 17.9 Å². The number of rotatable bonds is 7. The number of nitrogens with one attached hydrogen (secondary N) is 2. The van der Waals surface area contributed by atoms with E-state index in [1.165, 1.54) is 25.3 Å². The Balaban J connectivity index is 1.64. The first kappa shape index (κ1) is 18.8. The van der Waals surface area contributed by atoms with Crippen LogP contribution in [-0.2, 0) is 14.8 Å². The summed E-state index contributed by atoms with van der Waals surface area (Å²) < 4.78 is 38.1. The molecule has 1 atom stereocenters. The highest BCUT2D eigenvalue weighted by atomic mass is 35.5. The quantitative estimate of drug-likeness (QED) is 0.745. The Morgan fingerprint density at radius 1 is 1.19 bits per heavy atom. The standard InChI is InChI=1S/C18H21ClN2O4S/c1-24-18-9-8-16(11-17(18)19)26(22,23)21-14-6-4-13(5-7-14)20-12-15-3-2-10-25-15/h4-9,11,15,20-21H,2-3,10,12H2,1H3. The first-order chi connectivity index (χ1) is 12.5. The van der Waals surface area contributed by atoms with E-state index in [0.717, 1.165) is 31.7 Å². The number of methoxy groups -OCH3 is 1. The molecule has 0 aromatic heterocycles. The average Bonchev–Trinajstić information content (AvgIpc) is 3.14. The van der Waals surface area contributed by atoms with Crippen LogP contribution in [0.15, 0.2) is 47.4 Å². The minimum absolute atomic E-state index is 0.0730. The van der Waals surface area contributed by atoms with Gasteiger partial charge < -0.3 is 14.8 Å². The normalized spacial score (nSPS) is 17.1. The lowest BCUT2D eigenvalue weighted by Crippen LogP contribution is -2.18. The van der Waals surface area contributed by atoms with Crippen molar-refractivity contribution in [2.75, 3.05) is 30.3 Å². The lowest BCUT2D eigenvalue weighted by atomic mass is 10.2. The second-order valence-corrected chi connectivity index (χ2v) is 8.08. The van der Waals surface area contributed by atoms with Gasteiger partial charge in [-0.05, 0) is 55.3 Å². The molecule has 2 aromatic carbocycles. The van der Waals surface area contributed by atoms with Gasteiger partial charge in [0.15, 0.2) is 0 Å². The molecule has 1 saturated heterocycles. The van der Waals surface area contributed by atoms with Crippen molar-refractivity contribution in [1.82, 2.24) is 0 Å². The van der Waals surface area contributed by atoms with Crippen molar-refractivity contribution in [3.63, 3.8) is 0 Å². The molecule has 1 unspecified atom stereocenters. The number of anilines is 2. The predicted octanol–water partition coefficient (Wildman–Crippen LogP) is 3.74. The van der Waals surface area contributed by atoms with Crippen molar-refractivity contribution in [3.05, 3.63) is 47.5 Å². The number of sulfonamides is 1. The molecule has 1 aliphatic rings. The zero-order valence-electron chi connectivity index (χ0n) is 14.4. The van der Waals surface area contributed by atoms with Gasteiger partial charge in [-0.2, -0.15) is 0 Å². The molecule has 2 aromatic rings. The molecule has 0 radical (unpaired) electrons. The Hall–Kier alpha value is -1.96. The second-order valence-electron chi connectivity index (χ2n) is 6.00. The van der Waals surface area contributed by atoms with Crippen LogP contribution >= 0.6 is 11.6 Å². The van der Waals surface area contributed by atoms with Crippen molar-refractivity contribution >= 4 is 33.0 Å². The van der Waals surface area contributed by atoms with Crippen molar-refractivity contribution in [2.45, 2.75) is 23.8 Å². The SMILES string of the molecule is COc1ccc(S(=O)(=O)Nc2ccc(NCC3CCCO3)cc2)cc1Cl. The van der Waals surface area contributed by atoms with Gasteiger partial charge in [0.1, 0.15) is 5.75 Å². The summed E-state index contributed by atoms with van der Waals surface area (Å²) in [5, 5.41) is 3.53. The molecule has 140 valence electrons. The number of hydrogen-bond acceptors (Lipinski definition) is 5. The molecule has 3 rings (SSSR count). The van der Waals surface area contributed by atoms with Crippen LogP contribution < -0.4 is 14.8 Å². The molecule has 6 nitrogen and oxygen atoms in total. The molecule has 0 aliphatic carbocycles.